The Labute approximate surface area is 115 Å². The summed E-state index contributed by atoms with van der Waals surface area (Å²) in [7, 11) is 0. The van der Waals surface area contributed by atoms with Crippen LogP contribution in [-0.4, -0.2) is 34.8 Å². The Morgan fingerprint density at radius 3 is 2.26 bits per heavy atom. The van der Waals surface area contributed by atoms with Crippen LogP contribution >= 0.6 is 0 Å². The summed E-state index contributed by atoms with van der Waals surface area (Å²) in [6, 6.07) is -0.350. The summed E-state index contributed by atoms with van der Waals surface area (Å²) in [5.74, 6) is 0.909. The van der Waals surface area contributed by atoms with Gasteiger partial charge in [-0.15, -0.1) is 0 Å². The predicted octanol–water partition coefficient (Wildman–Crippen LogP) is 1.94. The van der Waals surface area contributed by atoms with E-state index in [-0.39, 0.29) is 23.8 Å². The number of rotatable bonds is 5. The predicted molar refractivity (Wildman–Crippen MR) is 74.5 cm³/mol. The summed E-state index contributed by atoms with van der Waals surface area (Å²) >= 11 is 0. The fourth-order valence-electron chi connectivity index (χ4n) is 3.07. The summed E-state index contributed by atoms with van der Waals surface area (Å²) < 4.78 is 0. The summed E-state index contributed by atoms with van der Waals surface area (Å²) in [4.78, 5) is 27.2. The topological polar surface area (TPSA) is 49.4 Å². The number of carbonyl (C=O) groups is 2. The number of hydrogen-bond donors (Lipinski definition) is 1. The highest BCUT2D eigenvalue weighted by molar-refractivity contribution is 6.00. The van der Waals surface area contributed by atoms with Crippen LogP contribution in [-0.2, 0) is 9.59 Å². The molecule has 4 heteroatoms. The lowest BCUT2D eigenvalue weighted by Gasteiger charge is -2.48. The van der Waals surface area contributed by atoms with Gasteiger partial charge in [-0.05, 0) is 37.5 Å². The molecule has 1 saturated heterocycles. The molecule has 0 aromatic heterocycles. The minimum absolute atomic E-state index is 0.0384. The highest BCUT2D eigenvalue weighted by Gasteiger charge is 2.51. The molecule has 0 aromatic carbocycles. The molecule has 2 aliphatic rings. The van der Waals surface area contributed by atoms with E-state index in [2.05, 4.69) is 5.32 Å². The normalized spacial score (nSPS) is 26.8. The Morgan fingerprint density at radius 1 is 1.26 bits per heavy atom. The van der Waals surface area contributed by atoms with Crippen molar-refractivity contribution >= 4 is 11.8 Å². The molecule has 0 spiro atoms. The Bertz CT molecular complexity index is 370. The van der Waals surface area contributed by atoms with Crippen LogP contribution in [0.5, 0.6) is 0 Å². The van der Waals surface area contributed by atoms with Crippen LogP contribution in [0.4, 0.5) is 0 Å². The van der Waals surface area contributed by atoms with Crippen molar-refractivity contribution in [1.29, 1.82) is 0 Å². The fraction of sp³-hybridized carbons (Fsp3) is 0.867. The maximum absolute atomic E-state index is 12.7. The Balaban J connectivity index is 2.31. The molecule has 19 heavy (non-hydrogen) atoms. The van der Waals surface area contributed by atoms with Crippen LogP contribution in [0.1, 0.15) is 53.4 Å². The molecule has 2 rings (SSSR count). The summed E-state index contributed by atoms with van der Waals surface area (Å²) in [6.45, 7) is 8.75. The van der Waals surface area contributed by atoms with Crippen molar-refractivity contribution < 1.29 is 9.59 Å². The number of piperazine rings is 1. The summed E-state index contributed by atoms with van der Waals surface area (Å²) in [6.07, 6.45) is 3.78. The van der Waals surface area contributed by atoms with E-state index < -0.39 is 5.54 Å². The lowest BCUT2D eigenvalue weighted by molar-refractivity contribution is -0.160. The van der Waals surface area contributed by atoms with Crippen molar-refractivity contribution in [1.82, 2.24) is 10.2 Å². The van der Waals surface area contributed by atoms with Crippen molar-refractivity contribution in [3.05, 3.63) is 0 Å². The minimum atomic E-state index is -0.620. The van der Waals surface area contributed by atoms with Crippen molar-refractivity contribution in [3.8, 4) is 0 Å². The van der Waals surface area contributed by atoms with E-state index in [4.69, 9.17) is 0 Å². The average Bonchev–Trinajstić information content (AvgIpc) is 3.18. The highest BCUT2D eigenvalue weighted by Crippen LogP contribution is 2.36. The molecule has 108 valence electrons. The van der Waals surface area contributed by atoms with Gasteiger partial charge >= 0.3 is 0 Å². The second-order valence-electron chi connectivity index (χ2n) is 6.33. The van der Waals surface area contributed by atoms with Crippen molar-refractivity contribution in [3.63, 3.8) is 0 Å². The summed E-state index contributed by atoms with van der Waals surface area (Å²) in [5.41, 5.74) is -0.620. The van der Waals surface area contributed by atoms with Gasteiger partial charge in [0.15, 0.2) is 0 Å². The molecule has 1 aliphatic carbocycles. The van der Waals surface area contributed by atoms with Gasteiger partial charge in [0.2, 0.25) is 11.8 Å². The second-order valence-corrected chi connectivity index (χ2v) is 6.33. The van der Waals surface area contributed by atoms with Gasteiger partial charge in [0, 0.05) is 6.54 Å². The molecule has 1 unspecified atom stereocenters. The maximum Gasteiger partial charge on any atom is 0.246 e. The van der Waals surface area contributed by atoms with Crippen LogP contribution in [0.2, 0.25) is 0 Å². The van der Waals surface area contributed by atoms with Crippen molar-refractivity contribution in [2.75, 3.05) is 6.54 Å². The molecule has 1 heterocycles. The zero-order valence-electron chi connectivity index (χ0n) is 12.5. The highest BCUT2D eigenvalue weighted by atomic mass is 16.2. The molecule has 1 saturated carbocycles. The van der Waals surface area contributed by atoms with Gasteiger partial charge in [0.05, 0.1) is 0 Å². The first-order chi connectivity index (χ1) is 8.96. The Hall–Kier alpha value is -1.06. The largest absolute Gasteiger partial charge is 0.342 e. The maximum atomic E-state index is 12.7. The molecule has 0 radical (unpaired) electrons. The van der Waals surface area contributed by atoms with Crippen molar-refractivity contribution in [2.24, 2.45) is 11.8 Å². The molecule has 0 bridgehead atoms. The molecule has 2 fully saturated rings. The third kappa shape index (κ3) is 2.37. The molecule has 1 atom stereocenters. The van der Waals surface area contributed by atoms with E-state index in [1.165, 1.54) is 12.8 Å². The lowest BCUT2D eigenvalue weighted by atomic mass is 9.84. The quantitative estimate of drug-likeness (QED) is 0.826. The van der Waals surface area contributed by atoms with Crippen LogP contribution < -0.4 is 5.32 Å². The smallest absolute Gasteiger partial charge is 0.246 e. The molecule has 0 aromatic rings. The zero-order chi connectivity index (χ0) is 14.2. The van der Waals surface area contributed by atoms with E-state index in [0.29, 0.717) is 18.8 Å². The third-order valence-electron chi connectivity index (χ3n) is 4.73. The zero-order valence-corrected chi connectivity index (χ0v) is 12.5. The van der Waals surface area contributed by atoms with E-state index in [9.17, 15) is 9.59 Å². The number of hydrogen-bond acceptors (Lipinski definition) is 2. The number of amides is 2. The number of carbonyl (C=O) groups excluding carboxylic acids is 2. The van der Waals surface area contributed by atoms with Gasteiger partial charge in [-0.2, -0.15) is 0 Å². The SMILES string of the molecule is CCC1(CC)C(=O)NC(C(C)C)C(=O)N1CC1CC1. The van der Waals surface area contributed by atoms with E-state index in [1.807, 2.05) is 32.6 Å². The Morgan fingerprint density at radius 2 is 1.84 bits per heavy atom. The van der Waals surface area contributed by atoms with Crippen LogP contribution in [0.15, 0.2) is 0 Å². The first-order valence-electron chi connectivity index (χ1n) is 7.58. The molecular weight excluding hydrogens is 240 g/mol. The van der Waals surface area contributed by atoms with E-state index in [0.717, 1.165) is 6.54 Å². The van der Waals surface area contributed by atoms with Gasteiger partial charge in [0.1, 0.15) is 11.6 Å². The van der Waals surface area contributed by atoms with E-state index >= 15 is 0 Å². The average molecular weight is 266 g/mol. The summed E-state index contributed by atoms with van der Waals surface area (Å²) in [5, 5.41) is 2.95. The molecule has 4 nitrogen and oxygen atoms in total. The van der Waals surface area contributed by atoms with Crippen LogP contribution in [0, 0.1) is 11.8 Å². The monoisotopic (exact) mass is 266 g/mol. The fourth-order valence-corrected chi connectivity index (χ4v) is 3.07. The molecule has 2 amide bonds. The molecular formula is C15H26N2O2. The molecule has 1 N–H and O–H groups in total. The first kappa shape index (κ1) is 14.4. The number of nitrogens with zero attached hydrogens (tertiary/aromatic N) is 1. The van der Waals surface area contributed by atoms with Gasteiger partial charge in [-0.3, -0.25) is 9.59 Å². The lowest BCUT2D eigenvalue weighted by Crippen LogP contribution is -2.71. The Kier molecular flexibility index (Phi) is 3.88. The van der Waals surface area contributed by atoms with Gasteiger partial charge in [0.25, 0.3) is 0 Å². The van der Waals surface area contributed by atoms with Crippen LogP contribution in [0.3, 0.4) is 0 Å². The van der Waals surface area contributed by atoms with E-state index in [1.54, 1.807) is 0 Å². The van der Waals surface area contributed by atoms with Gasteiger partial charge in [-0.1, -0.05) is 27.7 Å². The van der Waals surface area contributed by atoms with Gasteiger partial charge < -0.3 is 10.2 Å². The van der Waals surface area contributed by atoms with Gasteiger partial charge in [-0.25, -0.2) is 0 Å². The van der Waals surface area contributed by atoms with Crippen molar-refractivity contribution in [2.45, 2.75) is 65.0 Å². The van der Waals surface area contributed by atoms with Crippen LogP contribution in [0.25, 0.3) is 0 Å². The minimum Gasteiger partial charge on any atom is -0.342 e. The second kappa shape index (κ2) is 5.14. The number of nitrogens with one attached hydrogen (secondary N) is 1. The molecule has 1 aliphatic heterocycles. The first-order valence-corrected chi connectivity index (χ1v) is 7.58. The third-order valence-corrected chi connectivity index (χ3v) is 4.73. The standard InChI is InChI=1S/C15H26N2O2/c1-5-15(6-2)14(19)16-12(10(3)4)13(18)17(15)9-11-7-8-11/h10-12H,5-9H2,1-4H3,(H,16,19).